The molecule has 0 aromatic heterocycles. The molecule has 1 aliphatic rings. The highest BCUT2D eigenvalue weighted by molar-refractivity contribution is 5.82. The van der Waals surface area contributed by atoms with Crippen molar-refractivity contribution in [3.05, 3.63) is 35.9 Å². The molecule has 110 valence electrons. The molecule has 0 spiro atoms. The third kappa shape index (κ3) is 4.34. The van der Waals surface area contributed by atoms with Crippen LogP contribution in [-0.2, 0) is 11.2 Å². The second-order valence-electron chi connectivity index (χ2n) is 5.99. The molecule has 3 N–H and O–H groups in total. The topological polar surface area (TPSA) is 55.1 Å². The van der Waals surface area contributed by atoms with Crippen LogP contribution < -0.4 is 11.1 Å². The molecule has 0 aliphatic heterocycles. The fourth-order valence-electron chi connectivity index (χ4n) is 3.04. The largest absolute Gasteiger partial charge is 0.352 e. The van der Waals surface area contributed by atoms with Gasteiger partial charge in [-0.05, 0) is 37.7 Å². The highest BCUT2D eigenvalue weighted by atomic mass is 16.2. The van der Waals surface area contributed by atoms with Crippen LogP contribution in [0.3, 0.4) is 0 Å². The number of amides is 1. The van der Waals surface area contributed by atoms with Gasteiger partial charge in [-0.15, -0.1) is 0 Å². The Morgan fingerprint density at radius 1 is 1.25 bits per heavy atom. The van der Waals surface area contributed by atoms with E-state index in [2.05, 4.69) is 12.2 Å². The first-order chi connectivity index (χ1) is 9.66. The maximum Gasteiger partial charge on any atom is 0.237 e. The third-order valence-corrected chi connectivity index (χ3v) is 4.36. The van der Waals surface area contributed by atoms with Crippen molar-refractivity contribution in [1.29, 1.82) is 0 Å². The van der Waals surface area contributed by atoms with E-state index in [4.69, 9.17) is 5.73 Å². The molecular weight excluding hydrogens is 248 g/mol. The van der Waals surface area contributed by atoms with E-state index in [-0.39, 0.29) is 11.9 Å². The van der Waals surface area contributed by atoms with Gasteiger partial charge >= 0.3 is 0 Å². The second kappa shape index (κ2) is 7.44. The number of nitrogens with two attached hydrogens (primary N) is 1. The van der Waals surface area contributed by atoms with E-state index in [1.165, 1.54) is 32.1 Å². The fraction of sp³-hybridized carbons (Fsp3) is 0.588. The Morgan fingerprint density at radius 2 is 1.90 bits per heavy atom. The third-order valence-electron chi connectivity index (χ3n) is 4.36. The summed E-state index contributed by atoms with van der Waals surface area (Å²) in [6.07, 6.45) is 6.99. The van der Waals surface area contributed by atoms with E-state index >= 15 is 0 Å². The number of hydrogen-bond donors (Lipinski definition) is 2. The van der Waals surface area contributed by atoms with Gasteiger partial charge in [0.15, 0.2) is 0 Å². The van der Waals surface area contributed by atoms with Crippen molar-refractivity contribution in [2.45, 2.75) is 57.5 Å². The van der Waals surface area contributed by atoms with E-state index in [0.717, 1.165) is 5.56 Å². The first kappa shape index (κ1) is 15.0. The minimum Gasteiger partial charge on any atom is -0.352 e. The standard InChI is InChI=1S/C17H26N2O/c1-13(15-10-6-3-7-11-15)19-17(20)16(18)12-14-8-4-2-5-9-14/h2,4-5,8-9,13,15-16H,3,6-7,10-12,18H2,1H3,(H,19,20)/t13-,16?/m0/s1. The summed E-state index contributed by atoms with van der Waals surface area (Å²) in [4.78, 5) is 12.2. The molecule has 20 heavy (non-hydrogen) atoms. The summed E-state index contributed by atoms with van der Waals surface area (Å²) in [5.41, 5.74) is 7.13. The molecular formula is C17H26N2O. The molecule has 0 heterocycles. The van der Waals surface area contributed by atoms with Crippen molar-refractivity contribution < 1.29 is 4.79 Å². The Kier molecular flexibility index (Phi) is 5.60. The molecule has 0 radical (unpaired) electrons. The molecule has 0 bridgehead atoms. The van der Waals surface area contributed by atoms with Crippen molar-refractivity contribution >= 4 is 5.91 Å². The molecule has 2 rings (SSSR count). The van der Waals surface area contributed by atoms with Crippen molar-refractivity contribution in [3.63, 3.8) is 0 Å². The lowest BCUT2D eigenvalue weighted by Crippen LogP contribution is -2.48. The van der Waals surface area contributed by atoms with E-state index in [9.17, 15) is 4.79 Å². The molecule has 1 unspecified atom stereocenters. The van der Waals surface area contributed by atoms with E-state index in [0.29, 0.717) is 12.3 Å². The van der Waals surface area contributed by atoms with Crippen LogP contribution in [0.2, 0.25) is 0 Å². The van der Waals surface area contributed by atoms with Gasteiger partial charge in [0.1, 0.15) is 0 Å². The number of rotatable bonds is 5. The monoisotopic (exact) mass is 274 g/mol. The summed E-state index contributed by atoms with van der Waals surface area (Å²) in [5, 5.41) is 3.11. The smallest absolute Gasteiger partial charge is 0.237 e. The molecule has 2 atom stereocenters. The first-order valence-corrected chi connectivity index (χ1v) is 7.76. The average Bonchev–Trinajstić information content (AvgIpc) is 2.49. The van der Waals surface area contributed by atoms with E-state index < -0.39 is 6.04 Å². The van der Waals surface area contributed by atoms with Crippen LogP contribution >= 0.6 is 0 Å². The number of nitrogens with one attached hydrogen (secondary N) is 1. The van der Waals surface area contributed by atoms with E-state index in [1.54, 1.807) is 0 Å². The van der Waals surface area contributed by atoms with Crippen LogP contribution in [0.5, 0.6) is 0 Å². The van der Waals surface area contributed by atoms with Gasteiger partial charge in [-0.1, -0.05) is 49.6 Å². The highest BCUT2D eigenvalue weighted by Crippen LogP contribution is 2.26. The van der Waals surface area contributed by atoms with Gasteiger partial charge in [0.25, 0.3) is 0 Å². The molecule has 1 amide bonds. The van der Waals surface area contributed by atoms with Crippen LogP contribution in [0, 0.1) is 5.92 Å². The molecule has 0 saturated heterocycles. The SMILES string of the molecule is C[C@H](NC(=O)C(N)Cc1ccccc1)C1CCCCC1. The fourth-order valence-corrected chi connectivity index (χ4v) is 3.04. The predicted octanol–water partition coefficient (Wildman–Crippen LogP) is 2.64. The van der Waals surface area contributed by atoms with Gasteiger partial charge in [-0.3, -0.25) is 4.79 Å². The molecule has 1 saturated carbocycles. The van der Waals surface area contributed by atoms with Crippen LogP contribution in [0.1, 0.15) is 44.6 Å². The van der Waals surface area contributed by atoms with Crippen molar-refractivity contribution in [1.82, 2.24) is 5.32 Å². The summed E-state index contributed by atoms with van der Waals surface area (Å²) in [6.45, 7) is 2.11. The van der Waals surface area contributed by atoms with Gasteiger partial charge in [-0.25, -0.2) is 0 Å². The number of hydrogen-bond acceptors (Lipinski definition) is 2. The van der Waals surface area contributed by atoms with Gasteiger partial charge in [-0.2, -0.15) is 0 Å². The van der Waals surface area contributed by atoms with Crippen LogP contribution in [0.25, 0.3) is 0 Å². The minimum absolute atomic E-state index is 0.0214. The van der Waals surface area contributed by atoms with Gasteiger partial charge in [0.05, 0.1) is 6.04 Å². The summed E-state index contributed by atoms with van der Waals surface area (Å²) in [5.74, 6) is 0.601. The molecule has 1 aromatic rings. The maximum atomic E-state index is 12.2. The Hall–Kier alpha value is -1.35. The lowest BCUT2D eigenvalue weighted by Gasteiger charge is -2.29. The van der Waals surface area contributed by atoms with Gasteiger partial charge in [0.2, 0.25) is 5.91 Å². The van der Waals surface area contributed by atoms with Crippen LogP contribution in [0.15, 0.2) is 30.3 Å². The van der Waals surface area contributed by atoms with Crippen molar-refractivity contribution in [2.24, 2.45) is 11.7 Å². The minimum atomic E-state index is -0.455. The lowest BCUT2D eigenvalue weighted by molar-refractivity contribution is -0.123. The second-order valence-corrected chi connectivity index (χ2v) is 5.99. The summed E-state index contributed by atoms with van der Waals surface area (Å²) in [7, 11) is 0. The quantitative estimate of drug-likeness (QED) is 0.867. The Morgan fingerprint density at radius 3 is 2.55 bits per heavy atom. The Labute approximate surface area is 121 Å². The van der Waals surface area contributed by atoms with E-state index in [1.807, 2.05) is 30.3 Å². The van der Waals surface area contributed by atoms with Crippen LogP contribution in [0.4, 0.5) is 0 Å². The first-order valence-electron chi connectivity index (χ1n) is 7.76. The average molecular weight is 274 g/mol. The number of carbonyl (C=O) groups is 1. The zero-order valence-electron chi connectivity index (χ0n) is 12.3. The molecule has 3 nitrogen and oxygen atoms in total. The summed E-state index contributed by atoms with van der Waals surface area (Å²) in [6, 6.07) is 9.73. The van der Waals surface area contributed by atoms with Crippen molar-refractivity contribution in [2.75, 3.05) is 0 Å². The predicted molar refractivity (Wildman–Crippen MR) is 82.3 cm³/mol. The van der Waals surface area contributed by atoms with Gasteiger partial charge in [0, 0.05) is 6.04 Å². The zero-order chi connectivity index (χ0) is 14.4. The number of carbonyl (C=O) groups excluding carboxylic acids is 1. The highest BCUT2D eigenvalue weighted by Gasteiger charge is 2.23. The molecule has 1 aromatic carbocycles. The van der Waals surface area contributed by atoms with Crippen LogP contribution in [-0.4, -0.2) is 18.0 Å². The molecule has 1 aliphatic carbocycles. The molecule has 3 heteroatoms. The number of benzene rings is 1. The summed E-state index contributed by atoms with van der Waals surface area (Å²) < 4.78 is 0. The zero-order valence-corrected chi connectivity index (χ0v) is 12.3. The lowest BCUT2D eigenvalue weighted by atomic mass is 9.84. The summed E-state index contributed by atoms with van der Waals surface area (Å²) >= 11 is 0. The normalized spacial score (nSPS) is 19.3. The maximum absolute atomic E-state index is 12.2. The van der Waals surface area contributed by atoms with Gasteiger partial charge < -0.3 is 11.1 Å². The Bertz CT molecular complexity index is 412. The molecule has 1 fully saturated rings. The Balaban J connectivity index is 1.81. The van der Waals surface area contributed by atoms with Crippen molar-refractivity contribution in [3.8, 4) is 0 Å².